The molecule has 1 rings (SSSR count). The predicted molar refractivity (Wildman–Crippen MR) is 56.2 cm³/mol. The van der Waals surface area contributed by atoms with E-state index in [2.05, 4.69) is 11.5 Å². The summed E-state index contributed by atoms with van der Waals surface area (Å²) >= 11 is 0. The summed E-state index contributed by atoms with van der Waals surface area (Å²) in [6, 6.07) is 12.0. The first-order valence-corrected chi connectivity index (χ1v) is 4.50. The molecule has 0 aromatic heterocycles. The van der Waals surface area contributed by atoms with Crippen LogP contribution in [-0.4, -0.2) is 19.1 Å². The lowest BCUT2D eigenvalue weighted by molar-refractivity contribution is 0.211. The van der Waals surface area contributed by atoms with Crippen molar-refractivity contribution in [1.82, 2.24) is 10.4 Å². The lowest BCUT2D eigenvalue weighted by Crippen LogP contribution is -2.46. The molecule has 0 aliphatic carbocycles. The Morgan fingerprint density at radius 2 is 1.86 bits per heavy atom. The number of nitrogens with one attached hydrogen (secondary N) is 1. The molecule has 0 spiro atoms. The molecule has 0 aliphatic heterocycles. The molecule has 0 saturated heterocycles. The molecule has 3 heteroatoms. The Balaban J connectivity index is 2.98. The summed E-state index contributed by atoms with van der Waals surface area (Å²) in [6.07, 6.45) is 0. The largest absolute Gasteiger partial charge is 0.249 e. The van der Waals surface area contributed by atoms with E-state index in [4.69, 9.17) is 5.26 Å². The van der Waals surface area contributed by atoms with Crippen LogP contribution in [0.25, 0.3) is 0 Å². The number of hydrogen-bond donors (Lipinski definition) is 1. The summed E-state index contributed by atoms with van der Waals surface area (Å²) < 4.78 is 0. The number of hydrogen-bond acceptors (Lipinski definition) is 3. The second-order valence-electron chi connectivity index (χ2n) is 3.61. The summed E-state index contributed by atoms with van der Waals surface area (Å²) in [5.74, 6) is 0. The number of benzene rings is 1. The molecule has 0 bridgehead atoms. The van der Waals surface area contributed by atoms with Gasteiger partial charge in [0.2, 0.25) is 0 Å². The first-order valence-electron chi connectivity index (χ1n) is 4.50. The monoisotopic (exact) mass is 189 g/mol. The van der Waals surface area contributed by atoms with Gasteiger partial charge >= 0.3 is 0 Å². The van der Waals surface area contributed by atoms with Crippen molar-refractivity contribution in [1.29, 1.82) is 5.26 Å². The fourth-order valence-corrected chi connectivity index (χ4v) is 1.37. The fraction of sp³-hybridized carbons (Fsp3) is 0.364. The van der Waals surface area contributed by atoms with E-state index in [1.54, 1.807) is 5.01 Å². The Hall–Kier alpha value is -1.37. The number of nitrogens with zero attached hydrogens (tertiary/aromatic N) is 2. The minimum Gasteiger partial charge on any atom is -0.249 e. The molecule has 0 saturated carbocycles. The maximum absolute atomic E-state index is 9.15. The highest BCUT2D eigenvalue weighted by molar-refractivity contribution is 5.29. The topological polar surface area (TPSA) is 39.1 Å². The third kappa shape index (κ3) is 2.32. The molecule has 1 N–H and O–H groups in total. The van der Waals surface area contributed by atoms with Crippen LogP contribution in [0.5, 0.6) is 0 Å². The molecule has 0 aliphatic rings. The van der Waals surface area contributed by atoms with Crippen molar-refractivity contribution < 1.29 is 0 Å². The van der Waals surface area contributed by atoms with Crippen molar-refractivity contribution >= 4 is 0 Å². The lowest BCUT2D eigenvalue weighted by Gasteiger charge is -2.27. The molecule has 3 nitrogen and oxygen atoms in total. The van der Waals surface area contributed by atoms with Crippen LogP contribution in [0.15, 0.2) is 30.3 Å². The van der Waals surface area contributed by atoms with Gasteiger partial charge in [-0.15, -0.1) is 0 Å². The average molecular weight is 189 g/mol. The molecular formula is C11H15N3. The van der Waals surface area contributed by atoms with E-state index in [0.717, 1.165) is 5.56 Å². The molecular weight excluding hydrogens is 174 g/mol. The first-order chi connectivity index (χ1) is 6.58. The normalized spacial score (nSPS) is 14.8. The SMILES string of the molecule is CN(C)NC(C)(C#N)c1ccccc1. The van der Waals surface area contributed by atoms with Crippen LogP contribution < -0.4 is 5.43 Å². The maximum atomic E-state index is 9.15. The molecule has 1 aromatic rings. The summed E-state index contributed by atoms with van der Waals surface area (Å²) in [5.41, 5.74) is 3.40. The lowest BCUT2D eigenvalue weighted by atomic mass is 9.95. The Kier molecular flexibility index (Phi) is 3.23. The van der Waals surface area contributed by atoms with E-state index < -0.39 is 5.54 Å². The van der Waals surface area contributed by atoms with Crippen LogP contribution in [0, 0.1) is 11.3 Å². The summed E-state index contributed by atoms with van der Waals surface area (Å²) in [7, 11) is 3.75. The molecule has 1 aromatic carbocycles. The van der Waals surface area contributed by atoms with Crippen LogP contribution in [0.2, 0.25) is 0 Å². The van der Waals surface area contributed by atoms with Crippen LogP contribution in [0.4, 0.5) is 0 Å². The van der Waals surface area contributed by atoms with Crippen molar-refractivity contribution in [3.05, 3.63) is 35.9 Å². The number of hydrazine groups is 1. The summed E-state index contributed by atoms with van der Waals surface area (Å²) in [6.45, 7) is 1.86. The zero-order valence-electron chi connectivity index (χ0n) is 8.78. The molecule has 1 unspecified atom stereocenters. The van der Waals surface area contributed by atoms with Gasteiger partial charge < -0.3 is 0 Å². The highest BCUT2D eigenvalue weighted by atomic mass is 15.5. The third-order valence-corrected chi connectivity index (χ3v) is 2.02. The van der Waals surface area contributed by atoms with Gasteiger partial charge in [-0.2, -0.15) is 5.26 Å². The zero-order chi connectivity index (χ0) is 10.6. The van der Waals surface area contributed by atoms with Gasteiger partial charge in [-0.05, 0) is 12.5 Å². The average Bonchev–Trinajstić information content (AvgIpc) is 2.18. The van der Waals surface area contributed by atoms with E-state index in [0.29, 0.717) is 0 Å². The Morgan fingerprint density at radius 3 is 2.29 bits per heavy atom. The second kappa shape index (κ2) is 4.23. The highest BCUT2D eigenvalue weighted by Crippen LogP contribution is 2.19. The van der Waals surface area contributed by atoms with Crippen molar-refractivity contribution in [2.75, 3.05) is 14.1 Å². The Morgan fingerprint density at radius 1 is 1.29 bits per heavy atom. The highest BCUT2D eigenvalue weighted by Gasteiger charge is 2.26. The van der Waals surface area contributed by atoms with Gasteiger partial charge in [0.1, 0.15) is 5.54 Å². The van der Waals surface area contributed by atoms with Gasteiger partial charge in [0.05, 0.1) is 6.07 Å². The van der Waals surface area contributed by atoms with E-state index in [9.17, 15) is 0 Å². The van der Waals surface area contributed by atoms with Crippen LogP contribution in [0.3, 0.4) is 0 Å². The van der Waals surface area contributed by atoms with E-state index in [-0.39, 0.29) is 0 Å². The smallest absolute Gasteiger partial charge is 0.141 e. The molecule has 0 radical (unpaired) electrons. The first kappa shape index (κ1) is 10.7. The predicted octanol–water partition coefficient (Wildman–Crippen LogP) is 1.49. The second-order valence-corrected chi connectivity index (χ2v) is 3.61. The van der Waals surface area contributed by atoms with Gasteiger partial charge in [-0.25, -0.2) is 10.4 Å². The zero-order valence-corrected chi connectivity index (χ0v) is 8.78. The fourth-order valence-electron chi connectivity index (χ4n) is 1.37. The van der Waals surface area contributed by atoms with Gasteiger partial charge in [0.25, 0.3) is 0 Å². The number of nitriles is 1. The van der Waals surface area contributed by atoms with Gasteiger partial charge in [0.15, 0.2) is 0 Å². The Labute approximate surface area is 84.9 Å². The van der Waals surface area contributed by atoms with Crippen molar-refractivity contribution in [3.8, 4) is 6.07 Å². The van der Waals surface area contributed by atoms with Gasteiger partial charge in [0, 0.05) is 14.1 Å². The molecule has 74 valence electrons. The molecule has 14 heavy (non-hydrogen) atoms. The van der Waals surface area contributed by atoms with E-state index in [1.807, 2.05) is 51.4 Å². The summed E-state index contributed by atoms with van der Waals surface area (Å²) in [5, 5.41) is 10.9. The molecule has 0 heterocycles. The summed E-state index contributed by atoms with van der Waals surface area (Å²) in [4.78, 5) is 0. The van der Waals surface area contributed by atoms with Crippen LogP contribution >= 0.6 is 0 Å². The van der Waals surface area contributed by atoms with Crippen molar-refractivity contribution in [3.63, 3.8) is 0 Å². The minimum absolute atomic E-state index is 0.662. The van der Waals surface area contributed by atoms with Gasteiger partial charge in [-0.3, -0.25) is 0 Å². The van der Waals surface area contributed by atoms with Crippen molar-refractivity contribution in [2.45, 2.75) is 12.5 Å². The Bertz CT molecular complexity index is 326. The van der Waals surface area contributed by atoms with Crippen molar-refractivity contribution in [2.24, 2.45) is 0 Å². The van der Waals surface area contributed by atoms with Gasteiger partial charge in [-0.1, -0.05) is 30.3 Å². The van der Waals surface area contributed by atoms with Crippen LogP contribution in [0.1, 0.15) is 12.5 Å². The number of rotatable bonds is 3. The molecule has 1 atom stereocenters. The molecule has 0 amide bonds. The van der Waals surface area contributed by atoms with E-state index in [1.165, 1.54) is 0 Å². The molecule has 0 fully saturated rings. The minimum atomic E-state index is -0.662. The third-order valence-electron chi connectivity index (χ3n) is 2.02. The standard InChI is InChI=1S/C11H15N3/c1-11(9-12,13-14(2)3)10-7-5-4-6-8-10/h4-8,13H,1-3H3. The van der Waals surface area contributed by atoms with E-state index >= 15 is 0 Å². The maximum Gasteiger partial charge on any atom is 0.141 e. The van der Waals surface area contributed by atoms with Crippen LogP contribution in [-0.2, 0) is 5.54 Å². The quantitative estimate of drug-likeness (QED) is 0.732.